The zero-order valence-corrected chi connectivity index (χ0v) is 16.4. The number of aromatic nitrogens is 1. The minimum Gasteiger partial charge on any atom is -0.399 e. The Bertz CT molecular complexity index is 1110. The summed E-state index contributed by atoms with van der Waals surface area (Å²) in [5.74, 6) is -0.726. The predicted molar refractivity (Wildman–Crippen MR) is 111 cm³/mol. The largest absolute Gasteiger partial charge is 0.399 e. The van der Waals surface area contributed by atoms with Gasteiger partial charge in [-0.15, -0.1) is 0 Å². The Labute approximate surface area is 175 Å². The molecular formula is C24H20N6. The van der Waals surface area contributed by atoms with Crippen molar-refractivity contribution in [3.63, 3.8) is 0 Å². The summed E-state index contributed by atoms with van der Waals surface area (Å²) in [4.78, 5) is 6.48. The highest BCUT2D eigenvalue weighted by Crippen LogP contribution is 2.54. The van der Waals surface area contributed by atoms with Gasteiger partial charge in [0.05, 0.1) is 23.4 Å². The summed E-state index contributed by atoms with van der Waals surface area (Å²) < 4.78 is 0. The van der Waals surface area contributed by atoms with E-state index >= 15 is 0 Å². The molecule has 2 atom stereocenters. The van der Waals surface area contributed by atoms with E-state index in [2.05, 4.69) is 40.2 Å². The highest BCUT2D eigenvalue weighted by molar-refractivity contribution is 5.59. The number of fused-ring (bicyclic) bond motifs is 1. The first-order valence-corrected chi connectivity index (χ1v) is 9.74. The number of benzene rings is 1. The molecule has 0 spiro atoms. The fourth-order valence-electron chi connectivity index (χ4n) is 4.65. The quantitative estimate of drug-likeness (QED) is 0.859. The van der Waals surface area contributed by atoms with Crippen molar-refractivity contribution in [3.05, 3.63) is 88.9 Å². The molecule has 1 aromatic carbocycles. The van der Waals surface area contributed by atoms with Crippen LogP contribution >= 0.6 is 0 Å². The SMILES string of the molecule is N#CC1=C(N)C(C#N)(C#N)C(c2cccnc2)C2CN(Cc3ccccc3)CC=C12. The second-order valence-electron chi connectivity index (χ2n) is 7.64. The first kappa shape index (κ1) is 19.4. The van der Waals surface area contributed by atoms with Gasteiger partial charge in [0.25, 0.3) is 0 Å². The van der Waals surface area contributed by atoms with Crippen molar-refractivity contribution < 1.29 is 0 Å². The first-order chi connectivity index (χ1) is 14.6. The molecule has 2 N–H and O–H groups in total. The number of allylic oxidation sites excluding steroid dienone is 2. The van der Waals surface area contributed by atoms with Gasteiger partial charge < -0.3 is 5.73 Å². The van der Waals surface area contributed by atoms with Gasteiger partial charge >= 0.3 is 0 Å². The van der Waals surface area contributed by atoms with Crippen molar-refractivity contribution in [2.24, 2.45) is 17.1 Å². The monoisotopic (exact) mass is 392 g/mol. The zero-order chi connectivity index (χ0) is 21.1. The molecule has 4 rings (SSSR count). The van der Waals surface area contributed by atoms with E-state index in [4.69, 9.17) is 5.73 Å². The van der Waals surface area contributed by atoms with Gasteiger partial charge in [0, 0.05) is 43.9 Å². The van der Waals surface area contributed by atoms with Crippen LogP contribution < -0.4 is 5.73 Å². The molecule has 6 heteroatoms. The molecule has 1 aliphatic carbocycles. The van der Waals surface area contributed by atoms with Gasteiger partial charge in [-0.05, 0) is 22.8 Å². The van der Waals surface area contributed by atoms with Gasteiger partial charge in [-0.2, -0.15) is 15.8 Å². The smallest absolute Gasteiger partial charge is 0.191 e. The fraction of sp³-hybridized carbons (Fsp3) is 0.250. The predicted octanol–water partition coefficient (Wildman–Crippen LogP) is 3.01. The highest BCUT2D eigenvalue weighted by atomic mass is 15.1. The van der Waals surface area contributed by atoms with Crippen molar-refractivity contribution >= 4 is 0 Å². The highest BCUT2D eigenvalue weighted by Gasteiger charge is 2.54. The van der Waals surface area contributed by atoms with E-state index in [1.165, 1.54) is 5.56 Å². The lowest BCUT2D eigenvalue weighted by Crippen LogP contribution is -2.47. The van der Waals surface area contributed by atoms with Crippen LogP contribution in [0.2, 0.25) is 0 Å². The Hall–Kier alpha value is -3.92. The molecule has 0 saturated carbocycles. The molecule has 2 heterocycles. The Morgan fingerprint density at radius 3 is 2.50 bits per heavy atom. The van der Waals surface area contributed by atoms with E-state index in [0.717, 1.165) is 17.7 Å². The summed E-state index contributed by atoms with van der Waals surface area (Å²) in [6.45, 7) is 2.03. The van der Waals surface area contributed by atoms with Crippen LogP contribution in [0.15, 0.2) is 77.8 Å². The Balaban J connectivity index is 1.83. The number of nitriles is 3. The molecule has 0 saturated heterocycles. The molecule has 2 unspecified atom stereocenters. The van der Waals surface area contributed by atoms with Gasteiger partial charge in [-0.3, -0.25) is 9.88 Å². The van der Waals surface area contributed by atoms with Crippen molar-refractivity contribution in [1.82, 2.24) is 9.88 Å². The molecule has 6 nitrogen and oxygen atoms in total. The molecule has 0 fully saturated rings. The molecule has 0 radical (unpaired) electrons. The number of hydrogen-bond acceptors (Lipinski definition) is 6. The Kier molecular flexibility index (Phi) is 5.07. The maximum Gasteiger partial charge on any atom is 0.191 e. The summed E-state index contributed by atoms with van der Waals surface area (Å²) in [5.41, 5.74) is 7.80. The summed E-state index contributed by atoms with van der Waals surface area (Å²) in [7, 11) is 0. The van der Waals surface area contributed by atoms with Crippen molar-refractivity contribution in [3.8, 4) is 18.2 Å². The summed E-state index contributed by atoms with van der Waals surface area (Å²) in [5, 5.41) is 30.0. The second kappa shape index (κ2) is 7.84. The van der Waals surface area contributed by atoms with Crippen LogP contribution in [0, 0.1) is 45.3 Å². The fourth-order valence-corrected chi connectivity index (χ4v) is 4.65. The van der Waals surface area contributed by atoms with E-state index in [0.29, 0.717) is 13.1 Å². The standard InChI is InChI=1S/C24H20N6/c25-11-20-19-8-10-30(13-17-5-2-1-3-6-17)14-21(19)22(18-7-4-9-29-12-18)24(15-26,16-27)23(20)28/h1-9,12,21-22H,10,13-14,28H2. The molecule has 2 aromatic rings. The minimum absolute atomic E-state index is 0.0443. The van der Waals surface area contributed by atoms with E-state index in [1.54, 1.807) is 18.5 Å². The van der Waals surface area contributed by atoms with Gasteiger partial charge in [-0.1, -0.05) is 42.5 Å². The second-order valence-corrected chi connectivity index (χ2v) is 7.64. The lowest BCUT2D eigenvalue weighted by atomic mass is 9.58. The van der Waals surface area contributed by atoms with Crippen molar-refractivity contribution in [2.45, 2.75) is 12.5 Å². The molecule has 1 aromatic heterocycles. The molecule has 146 valence electrons. The van der Waals surface area contributed by atoms with Crippen molar-refractivity contribution in [1.29, 1.82) is 15.8 Å². The van der Waals surface area contributed by atoms with Crippen LogP contribution in [0.5, 0.6) is 0 Å². The Morgan fingerprint density at radius 1 is 1.10 bits per heavy atom. The molecule has 0 amide bonds. The van der Waals surface area contributed by atoms with Crippen LogP contribution in [0.3, 0.4) is 0 Å². The minimum atomic E-state index is -1.62. The number of pyridine rings is 1. The van der Waals surface area contributed by atoms with Crippen LogP contribution in [-0.4, -0.2) is 23.0 Å². The lowest BCUT2D eigenvalue weighted by Gasteiger charge is -2.45. The van der Waals surface area contributed by atoms with Crippen LogP contribution in [0.4, 0.5) is 0 Å². The third-order valence-electron chi connectivity index (χ3n) is 6.03. The van der Waals surface area contributed by atoms with Crippen molar-refractivity contribution in [2.75, 3.05) is 13.1 Å². The molecule has 1 aliphatic heterocycles. The van der Waals surface area contributed by atoms with Gasteiger partial charge in [0.2, 0.25) is 0 Å². The maximum absolute atomic E-state index is 10.1. The number of rotatable bonds is 3. The topological polar surface area (TPSA) is 114 Å². The Morgan fingerprint density at radius 2 is 1.87 bits per heavy atom. The first-order valence-electron chi connectivity index (χ1n) is 9.74. The lowest BCUT2D eigenvalue weighted by molar-refractivity contribution is 0.201. The number of nitrogens with zero attached hydrogens (tertiary/aromatic N) is 5. The molecule has 2 aliphatic rings. The van der Waals surface area contributed by atoms with Gasteiger partial charge in [0.15, 0.2) is 5.41 Å². The van der Waals surface area contributed by atoms with Crippen LogP contribution in [0.25, 0.3) is 0 Å². The van der Waals surface area contributed by atoms with Gasteiger partial charge in [0.1, 0.15) is 6.07 Å². The van der Waals surface area contributed by atoms with E-state index in [-0.39, 0.29) is 17.2 Å². The van der Waals surface area contributed by atoms with Crippen LogP contribution in [-0.2, 0) is 6.54 Å². The normalized spacial score (nSPS) is 22.8. The number of hydrogen-bond donors (Lipinski definition) is 1. The molecule has 0 bridgehead atoms. The van der Waals surface area contributed by atoms with E-state index in [9.17, 15) is 15.8 Å². The third kappa shape index (κ3) is 3.03. The summed E-state index contributed by atoms with van der Waals surface area (Å²) >= 11 is 0. The zero-order valence-electron chi connectivity index (χ0n) is 16.4. The maximum atomic E-state index is 10.1. The average Bonchev–Trinajstić information content (AvgIpc) is 2.80. The average molecular weight is 392 g/mol. The van der Waals surface area contributed by atoms with Crippen LogP contribution in [0.1, 0.15) is 17.0 Å². The third-order valence-corrected chi connectivity index (χ3v) is 6.03. The number of nitrogens with two attached hydrogens (primary N) is 1. The summed E-state index contributed by atoms with van der Waals surface area (Å²) in [6, 6.07) is 20.3. The summed E-state index contributed by atoms with van der Waals surface area (Å²) in [6.07, 6.45) is 5.36. The molecular weight excluding hydrogens is 372 g/mol. The van der Waals surface area contributed by atoms with E-state index in [1.807, 2.05) is 30.3 Å². The van der Waals surface area contributed by atoms with E-state index < -0.39 is 11.3 Å². The van der Waals surface area contributed by atoms with Gasteiger partial charge in [-0.25, -0.2) is 0 Å². The molecule has 30 heavy (non-hydrogen) atoms.